The number of hydrogen-bond donors (Lipinski definition) is 1. The van der Waals surface area contributed by atoms with Gasteiger partial charge in [-0.05, 0) is 42.0 Å². The number of fused-ring (bicyclic) bond motifs is 2. The highest BCUT2D eigenvalue weighted by atomic mass is 16.5. The van der Waals surface area contributed by atoms with Crippen molar-refractivity contribution in [1.82, 2.24) is 4.98 Å². The highest BCUT2D eigenvalue weighted by Gasteiger charge is 2.18. The fraction of sp³-hybridized carbons (Fsp3) is 0.174. The monoisotopic (exact) mass is 388 g/mol. The minimum absolute atomic E-state index is 0.0837. The summed E-state index contributed by atoms with van der Waals surface area (Å²) in [5, 5.41) is 4.89. The Morgan fingerprint density at radius 1 is 1.03 bits per heavy atom. The van der Waals surface area contributed by atoms with Gasteiger partial charge in [0.2, 0.25) is 0 Å². The maximum absolute atomic E-state index is 12.4. The van der Waals surface area contributed by atoms with Gasteiger partial charge in [-0.3, -0.25) is 9.59 Å². The van der Waals surface area contributed by atoms with Crippen LogP contribution < -0.4 is 5.32 Å². The van der Waals surface area contributed by atoms with Crippen molar-refractivity contribution in [1.29, 1.82) is 0 Å². The largest absolute Gasteiger partial charge is 0.453 e. The molecule has 1 amide bonds. The first-order valence-corrected chi connectivity index (χ1v) is 9.42. The van der Waals surface area contributed by atoms with Gasteiger partial charge in [0.1, 0.15) is 5.52 Å². The normalized spacial score (nSPS) is 12.0. The first kappa shape index (κ1) is 18.7. The Morgan fingerprint density at radius 3 is 2.62 bits per heavy atom. The highest BCUT2D eigenvalue weighted by Crippen LogP contribution is 2.19. The van der Waals surface area contributed by atoms with Crippen LogP contribution in [0.15, 0.2) is 71.1 Å². The van der Waals surface area contributed by atoms with E-state index < -0.39 is 12.1 Å². The molecule has 4 aromatic rings. The van der Waals surface area contributed by atoms with Crippen molar-refractivity contribution in [3.8, 4) is 0 Å². The molecule has 1 atom stereocenters. The van der Waals surface area contributed by atoms with Crippen molar-refractivity contribution >= 4 is 39.4 Å². The molecule has 0 fully saturated rings. The van der Waals surface area contributed by atoms with Crippen molar-refractivity contribution in [3.63, 3.8) is 0 Å². The summed E-state index contributed by atoms with van der Waals surface area (Å²) in [7, 11) is 0. The van der Waals surface area contributed by atoms with E-state index in [1.165, 1.54) is 0 Å². The van der Waals surface area contributed by atoms with Crippen LogP contribution in [-0.4, -0.2) is 23.0 Å². The fourth-order valence-corrected chi connectivity index (χ4v) is 3.06. The molecule has 3 aromatic carbocycles. The third-order valence-corrected chi connectivity index (χ3v) is 4.58. The number of carbonyl (C=O) groups excluding carboxylic acids is 2. The fourth-order valence-electron chi connectivity index (χ4n) is 3.06. The maximum atomic E-state index is 12.4. The molecule has 1 aromatic heterocycles. The number of benzene rings is 3. The molecule has 1 N–H and O–H groups in total. The van der Waals surface area contributed by atoms with E-state index in [9.17, 15) is 9.59 Å². The van der Waals surface area contributed by atoms with Crippen LogP contribution in [0.3, 0.4) is 0 Å². The van der Waals surface area contributed by atoms with Gasteiger partial charge in [-0.1, -0.05) is 42.5 Å². The van der Waals surface area contributed by atoms with Gasteiger partial charge in [-0.25, -0.2) is 4.98 Å². The standard InChI is InChI=1S/C23H20N2O4/c1-15(23(27)24-18-11-10-16-6-2-3-7-17(16)14-18)28-22(26)13-12-21-25-19-8-4-5-9-20(19)29-21/h2-11,14-15H,12-13H2,1H3,(H,24,27)/t15-/m1/s1. The van der Waals surface area contributed by atoms with Crippen molar-refractivity contribution < 1.29 is 18.7 Å². The van der Waals surface area contributed by atoms with Crippen molar-refractivity contribution in [2.24, 2.45) is 0 Å². The molecule has 6 heteroatoms. The summed E-state index contributed by atoms with van der Waals surface area (Å²) in [6, 6.07) is 20.9. The Bertz CT molecular complexity index is 1150. The predicted molar refractivity (Wildman–Crippen MR) is 110 cm³/mol. The van der Waals surface area contributed by atoms with E-state index in [4.69, 9.17) is 9.15 Å². The lowest BCUT2D eigenvalue weighted by Gasteiger charge is -2.13. The number of esters is 1. The Labute approximate surface area is 167 Å². The molecule has 29 heavy (non-hydrogen) atoms. The average molecular weight is 388 g/mol. The summed E-state index contributed by atoms with van der Waals surface area (Å²) in [6.45, 7) is 1.55. The van der Waals surface area contributed by atoms with Gasteiger partial charge >= 0.3 is 5.97 Å². The van der Waals surface area contributed by atoms with Crippen LogP contribution in [0.2, 0.25) is 0 Å². The molecule has 0 aliphatic rings. The number of carbonyl (C=O) groups is 2. The number of aryl methyl sites for hydroxylation is 1. The molecule has 0 saturated carbocycles. The van der Waals surface area contributed by atoms with Gasteiger partial charge in [0.25, 0.3) is 5.91 Å². The molecular formula is C23H20N2O4. The summed E-state index contributed by atoms with van der Waals surface area (Å²) in [6.07, 6.45) is -0.509. The van der Waals surface area contributed by atoms with Gasteiger partial charge in [0.15, 0.2) is 17.6 Å². The number of aromatic nitrogens is 1. The number of amides is 1. The molecular weight excluding hydrogens is 368 g/mol. The Kier molecular flexibility index (Phi) is 5.24. The smallest absolute Gasteiger partial charge is 0.307 e. The predicted octanol–water partition coefficient (Wildman–Crippen LogP) is 4.48. The number of anilines is 1. The summed E-state index contributed by atoms with van der Waals surface area (Å²) in [4.78, 5) is 28.8. The first-order chi connectivity index (χ1) is 14.1. The van der Waals surface area contributed by atoms with Gasteiger partial charge in [-0.2, -0.15) is 0 Å². The third-order valence-electron chi connectivity index (χ3n) is 4.58. The van der Waals surface area contributed by atoms with Crippen LogP contribution in [0.1, 0.15) is 19.2 Å². The molecule has 146 valence electrons. The quantitative estimate of drug-likeness (QED) is 0.493. The van der Waals surface area contributed by atoms with E-state index in [0.717, 1.165) is 16.3 Å². The third kappa shape index (κ3) is 4.43. The number of nitrogens with one attached hydrogen (secondary N) is 1. The molecule has 0 spiro atoms. The number of oxazole rings is 1. The minimum atomic E-state index is -0.905. The van der Waals surface area contributed by atoms with Crippen LogP contribution in [-0.2, 0) is 20.7 Å². The number of nitrogens with zero attached hydrogens (tertiary/aromatic N) is 1. The summed E-state index contributed by atoms with van der Waals surface area (Å²) < 4.78 is 10.8. The van der Waals surface area contributed by atoms with Crippen molar-refractivity contribution in [2.75, 3.05) is 5.32 Å². The average Bonchev–Trinajstić information content (AvgIpc) is 3.15. The molecule has 0 aliphatic carbocycles. The van der Waals surface area contributed by atoms with Crippen LogP contribution in [0.4, 0.5) is 5.69 Å². The second kappa shape index (κ2) is 8.14. The summed E-state index contributed by atoms with van der Waals surface area (Å²) in [5.41, 5.74) is 2.08. The van der Waals surface area contributed by atoms with E-state index in [1.807, 2.05) is 66.7 Å². The van der Waals surface area contributed by atoms with Gasteiger partial charge in [-0.15, -0.1) is 0 Å². The zero-order valence-corrected chi connectivity index (χ0v) is 15.9. The first-order valence-electron chi connectivity index (χ1n) is 9.42. The van der Waals surface area contributed by atoms with E-state index >= 15 is 0 Å². The number of ether oxygens (including phenoxy) is 1. The second-order valence-corrected chi connectivity index (χ2v) is 6.76. The summed E-state index contributed by atoms with van der Waals surface area (Å²) >= 11 is 0. The number of para-hydroxylation sites is 2. The molecule has 0 aliphatic heterocycles. The number of hydrogen-bond acceptors (Lipinski definition) is 5. The van der Waals surface area contributed by atoms with Crippen LogP contribution in [0.5, 0.6) is 0 Å². The van der Waals surface area contributed by atoms with Gasteiger partial charge in [0, 0.05) is 12.1 Å². The van der Waals surface area contributed by atoms with Crippen molar-refractivity contribution in [3.05, 3.63) is 72.6 Å². The van der Waals surface area contributed by atoms with E-state index in [2.05, 4.69) is 10.3 Å². The Balaban J connectivity index is 1.30. The molecule has 6 nitrogen and oxygen atoms in total. The zero-order chi connectivity index (χ0) is 20.2. The Hall–Kier alpha value is -3.67. The van der Waals surface area contributed by atoms with E-state index in [-0.39, 0.29) is 12.3 Å². The Morgan fingerprint density at radius 2 is 1.79 bits per heavy atom. The summed E-state index contributed by atoms with van der Waals surface area (Å²) in [5.74, 6) is -0.389. The van der Waals surface area contributed by atoms with Crippen LogP contribution in [0, 0.1) is 0 Å². The molecule has 0 bridgehead atoms. The zero-order valence-electron chi connectivity index (χ0n) is 15.9. The van der Waals surface area contributed by atoms with Crippen LogP contribution in [0.25, 0.3) is 21.9 Å². The maximum Gasteiger partial charge on any atom is 0.307 e. The van der Waals surface area contributed by atoms with Gasteiger partial charge < -0.3 is 14.5 Å². The SMILES string of the molecule is C[C@@H](OC(=O)CCc1nc2ccccc2o1)C(=O)Nc1ccc2ccccc2c1. The lowest BCUT2D eigenvalue weighted by molar-refractivity contribution is -0.153. The lowest BCUT2D eigenvalue weighted by Crippen LogP contribution is -2.30. The number of rotatable bonds is 6. The highest BCUT2D eigenvalue weighted by molar-refractivity contribution is 5.97. The van der Waals surface area contributed by atoms with Crippen molar-refractivity contribution in [2.45, 2.75) is 25.9 Å². The van der Waals surface area contributed by atoms with E-state index in [1.54, 1.807) is 6.92 Å². The van der Waals surface area contributed by atoms with Crippen LogP contribution >= 0.6 is 0 Å². The lowest BCUT2D eigenvalue weighted by atomic mass is 10.1. The molecule has 0 saturated heterocycles. The van der Waals surface area contributed by atoms with Gasteiger partial charge in [0.05, 0.1) is 6.42 Å². The molecule has 4 rings (SSSR count). The molecule has 0 radical (unpaired) electrons. The molecule has 1 heterocycles. The minimum Gasteiger partial charge on any atom is -0.453 e. The van der Waals surface area contributed by atoms with E-state index in [0.29, 0.717) is 23.6 Å². The topological polar surface area (TPSA) is 81.4 Å². The second-order valence-electron chi connectivity index (χ2n) is 6.76. The molecule has 0 unspecified atom stereocenters.